The molecule has 24 heavy (non-hydrogen) atoms. The number of carboxylic acids is 1. The predicted molar refractivity (Wildman–Crippen MR) is 87.5 cm³/mol. The van der Waals surface area contributed by atoms with Crippen LogP contribution in [0.5, 0.6) is 0 Å². The van der Waals surface area contributed by atoms with Gasteiger partial charge >= 0.3 is 5.97 Å². The lowest BCUT2D eigenvalue weighted by Crippen LogP contribution is -2.44. The summed E-state index contributed by atoms with van der Waals surface area (Å²) in [6, 6.07) is 4.96. The number of halogens is 1. The molecule has 1 N–H and O–H groups in total. The molecule has 0 spiro atoms. The van der Waals surface area contributed by atoms with Gasteiger partial charge in [0, 0.05) is 12.0 Å². The van der Waals surface area contributed by atoms with Gasteiger partial charge in [-0.2, -0.15) is 0 Å². The van der Waals surface area contributed by atoms with Crippen molar-refractivity contribution in [3.05, 3.63) is 29.3 Å². The molecule has 1 aromatic carbocycles. The van der Waals surface area contributed by atoms with Gasteiger partial charge in [-0.05, 0) is 31.4 Å². The van der Waals surface area contributed by atoms with Crippen LogP contribution in [0.1, 0.15) is 26.2 Å². The van der Waals surface area contributed by atoms with Crippen LogP contribution >= 0.6 is 11.6 Å². The molecule has 8 heteroatoms. The van der Waals surface area contributed by atoms with Gasteiger partial charge in [-0.3, -0.25) is 4.79 Å². The van der Waals surface area contributed by atoms with E-state index in [-0.39, 0.29) is 28.8 Å². The minimum Gasteiger partial charge on any atom is -0.480 e. The minimum absolute atomic E-state index is 0.0206. The van der Waals surface area contributed by atoms with Crippen LogP contribution in [0.15, 0.2) is 29.2 Å². The molecule has 1 heterocycles. The molecular formula is C16H18ClNO5S. The second kappa shape index (κ2) is 5.74. The van der Waals surface area contributed by atoms with Gasteiger partial charge in [0.1, 0.15) is 6.04 Å². The number of hydrogen-bond acceptors (Lipinski definition) is 4. The van der Waals surface area contributed by atoms with Gasteiger partial charge in [0.25, 0.3) is 0 Å². The highest BCUT2D eigenvalue weighted by Gasteiger charge is 2.53. The van der Waals surface area contributed by atoms with Crippen molar-refractivity contribution in [1.29, 1.82) is 0 Å². The van der Waals surface area contributed by atoms with E-state index in [9.17, 15) is 23.1 Å². The summed E-state index contributed by atoms with van der Waals surface area (Å²) in [7, 11) is -3.82. The predicted octanol–water partition coefficient (Wildman–Crippen LogP) is 1.97. The SMILES string of the molecule is CC1(C(=O)N2C[C@H](S(=O)(=O)c3ccccc3Cl)C[C@H]2C(=O)O)CC1. The van der Waals surface area contributed by atoms with Gasteiger partial charge < -0.3 is 10.0 Å². The van der Waals surface area contributed by atoms with Crippen LogP contribution < -0.4 is 0 Å². The van der Waals surface area contributed by atoms with Crippen LogP contribution in [0, 0.1) is 5.41 Å². The van der Waals surface area contributed by atoms with E-state index in [1.54, 1.807) is 19.1 Å². The topological polar surface area (TPSA) is 91.8 Å². The molecular weight excluding hydrogens is 354 g/mol. The van der Waals surface area contributed by atoms with Gasteiger partial charge in [0.05, 0.1) is 15.2 Å². The lowest BCUT2D eigenvalue weighted by Gasteiger charge is -2.24. The molecule has 1 saturated carbocycles. The number of rotatable bonds is 4. The van der Waals surface area contributed by atoms with Crippen molar-refractivity contribution < 1.29 is 23.1 Å². The van der Waals surface area contributed by atoms with Gasteiger partial charge in [0.2, 0.25) is 5.91 Å². The Kier molecular flexibility index (Phi) is 4.12. The number of likely N-dealkylation sites (tertiary alicyclic amines) is 1. The van der Waals surface area contributed by atoms with E-state index in [0.717, 1.165) is 0 Å². The molecule has 130 valence electrons. The summed E-state index contributed by atoms with van der Waals surface area (Å²) in [5, 5.41) is 8.55. The number of carboxylic acid groups (broad SMARTS) is 1. The van der Waals surface area contributed by atoms with Gasteiger partial charge in [-0.25, -0.2) is 13.2 Å². The number of carbonyl (C=O) groups is 2. The second-order valence-corrected chi connectivity index (χ2v) is 9.31. The lowest BCUT2D eigenvalue weighted by atomic mass is 10.1. The number of hydrogen-bond donors (Lipinski definition) is 1. The van der Waals surface area contributed by atoms with Crippen molar-refractivity contribution in [1.82, 2.24) is 4.90 Å². The number of benzene rings is 1. The first-order valence-electron chi connectivity index (χ1n) is 7.69. The molecule has 3 rings (SSSR count). The fraction of sp³-hybridized carbons (Fsp3) is 0.500. The van der Waals surface area contributed by atoms with Gasteiger partial charge in [-0.1, -0.05) is 30.7 Å². The molecule has 1 aliphatic carbocycles. The maximum Gasteiger partial charge on any atom is 0.326 e. The Morgan fingerprint density at radius 1 is 1.29 bits per heavy atom. The van der Waals surface area contributed by atoms with Crippen LogP contribution in [0.2, 0.25) is 5.02 Å². The second-order valence-electron chi connectivity index (χ2n) is 6.71. The van der Waals surface area contributed by atoms with E-state index in [0.29, 0.717) is 12.8 Å². The van der Waals surface area contributed by atoms with Crippen LogP contribution in [-0.2, 0) is 19.4 Å². The maximum atomic E-state index is 12.8. The molecule has 6 nitrogen and oxygen atoms in total. The fourth-order valence-corrected chi connectivity index (χ4v) is 5.30. The number of amides is 1. The highest BCUT2D eigenvalue weighted by atomic mass is 35.5. The van der Waals surface area contributed by atoms with E-state index in [4.69, 9.17) is 11.6 Å². The van der Waals surface area contributed by atoms with Crippen molar-refractivity contribution in [2.45, 2.75) is 42.4 Å². The lowest BCUT2D eigenvalue weighted by molar-refractivity contribution is -0.150. The van der Waals surface area contributed by atoms with Crippen molar-refractivity contribution in [2.75, 3.05) is 6.54 Å². The highest BCUT2D eigenvalue weighted by molar-refractivity contribution is 7.92. The Labute approximate surface area is 145 Å². The average molecular weight is 372 g/mol. The summed E-state index contributed by atoms with van der Waals surface area (Å²) in [4.78, 5) is 25.3. The zero-order valence-corrected chi connectivity index (χ0v) is 14.7. The molecule has 1 saturated heterocycles. The summed E-state index contributed by atoms with van der Waals surface area (Å²) in [6.07, 6.45) is 1.29. The minimum atomic E-state index is -3.82. The molecule has 2 fully saturated rings. The molecule has 2 atom stereocenters. The molecule has 1 aliphatic heterocycles. The molecule has 1 amide bonds. The average Bonchev–Trinajstić information content (AvgIpc) is 3.11. The largest absolute Gasteiger partial charge is 0.480 e. The van der Waals surface area contributed by atoms with E-state index >= 15 is 0 Å². The molecule has 0 aromatic heterocycles. The summed E-state index contributed by atoms with van der Waals surface area (Å²) < 4.78 is 25.7. The van der Waals surface area contributed by atoms with Gasteiger partial charge in [-0.15, -0.1) is 0 Å². The number of aliphatic carboxylic acids is 1. The zero-order chi connectivity index (χ0) is 17.7. The zero-order valence-electron chi connectivity index (χ0n) is 13.1. The van der Waals surface area contributed by atoms with Crippen molar-refractivity contribution in [3.8, 4) is 0 Å². The number of nitrogens with zero attached hydrogens (tertiary/aromatic N) is 1. The smallest absolute Gasteiger partial charge is 0.326 e. The third-order valence-corrected chi connectivity index (χ3v) is 7.54. The number of carbonyl (C=O) groups excluding carboxylic acids is 1. The van der Waals surface area contributed by atoms with Crippen molar-refractivity contribution in [2.24, 2.45) is 5.41 Å². The maximum absolute atomic E-state index is 12.8. The Bertz CT molecular complexity index is 802. The van der Waals surface area contributed by atoms with Crippen LogP contribution in [0.3, 0.4) is 0 Å². The van der Waals surface area contributed by atoms with E-state index in [1.165, 1.54) is 17.0 Å². The monoisotopic (exact) mass is 371 g/mol. The summed E-state index contributed by atoms with van der Waals surface area (Å²) >= 11 is 5.99. The third kappa shape index (κ3) is 2.80. The normalized spacial score (nSPS) is 25.5. The van der Waals surface area contributed by atoms with Crippen LogP contribution in [0.25, 0.3) is 0 Å². The van der Waals surface area contributed by atoms with Crippen LogP contribution in [-0.4, -0.2) is 48.1 Å². The van der Waals surface area contributed by atoms with Crippen molar-refractivity contribution >= 4 is 33.3 Å². The molecule has 1 aromatic rings. The Morgan fingerprint density at radius 3 is 2.46 bits per heavy atom. The fourth-order valence-electron chi connectivity index (χ4n) is 3.08. The summed E-state index contributed by atoms with van der Waals surface area (Å²) in [6.45, 7) is 1.67. The highest BCUT2D eigenvalue weighted by Crippen LogP contribution is 2.48. The van der Waals surface area contributed by atoms with Crippen molar-refractivity contribution in [3.63, 3.8) is 0 Å². The van der Waals surface area contributed by atoms with Gasteiger partial charge in [0.15, 0.2) is 9.84 Å². The van der Waals surface area contributed by atoms with Crippen LogP contribution in [0.4, 0.5) is 0 Å². The molecule has 0 unspecified atom stereocenters. The first-order valence-corrected chi connectivity index (χ1v) is 9.61. The number of sulfone groups is 1. The molecule has 0 bridgehead atoms. The first-order chi connectivity index (χ1) is 11.2. The van der Waals surface area contributed by atoms with E-state index in [1.807, 2.05) is 0 Å². The standard InChI is InChI=1S/C16H18ClNO5S/c1-16(6-7-16)15(21)18-9-10(8-12(18)14(19)20)24(22,23)13-5-3-2-4-11(13)17/h2-5,10,12H,6-9H2,1H3,(H,19,20)/t10-,12+/m1/s1. The van der Waals surface area contributed by atoms with E-state index < -0.39 is 32.5 Å². The quantitative estimate of drug-likeness (QED) is 0.873. The summed E-state index contributed by atoms with van der Waals surface area (Å²) in [5.41, 5.74) is -0.545. The third-order valence-electron chi connectivity index (χ3n) is 4.91. The first kappa shape index (κ1) is 17.2. The Morgan fingerprint density at radius 2 is 1.92 bits per heavy atom. The Hall–Kier alpha value is -1.60. The summed E-state index contributed by atoms with van der Waals surface area (Å²) in [5.74, 6) is -1.45. The van der Waals surface area contributed by atoms with E-state index in [2.05, 4.69) is 0 Å². The Balaban J connectivity index is 1.92. The molecule has 0 radical (unpaired) electrons. The molecule has 2 aliphatic rings.